The van der Waals surface area contributed by atoms with Crippen LogP contribution in [-0.4, -0.2) is 41.1 Å². The van der Waals surface area contributed by atoms with Crippen molar-refractivity contribution in [3.05, 3.63) is 34.2 Å². The lowest BCUT2D eigenvalue weighted by Gasteiger charge is -2.42. The lowest BCUT2D eigenvalue weighted by molar-refractivity contribution is -0.305. The van der Waals surface area contributed by atoms with Gasteiger partial charge in [0.05, 0.1) is 0 Å². The lowest BCUT2D eigenvalue weighted by atomic mass is 9.83. The largest absolute Gasteiger partial charge is 0.550 e. The minimum absolute atomic E-state index is 0.0254. The highest BCUT2D eigenvalue weighted by Gasteiger charge is 2.36. The monoisotopic (exact) mass is 318 g/mol. The predicted octanol–water partition coefficient (Wildman–Crippen LogP) is -0.493. The summed E-state index contributed by atoms with van der Waals surface area (Å²) in [5.41, 5.74) is 1.03. The third-order valence-electron chi connectivity index (χ3n) is 4.60. The van der Waals surface area contributed by atoms with E-state index in [9.17, 15) is 19.5 Å². The van der Waals surface area contributed by atoms with Gasteiger partial charge in [-0.1, -0.05) is 6.07 Å². The molecule has 3 heterocycles. The summed E-state index contributed by atoms with van der Waals surface area (Å²) < 4.78 is 1.83. The molecule has 1 N–H and O–H groups in total. The molecular weight excluding hydrogens is 298 g/mol. The van der Waals surface area contributed by atoms with Gasteiger partial charge in [-0.25, -0.2) is 4.79 Å². The van der Waals surface area contributed by atoms with Gasteiger partial charge in [0, 0.05) is 49.8 Å². The van der Waals surface area contributed by atoms with Gasteiger partial charge in [-0.2, -0.15) is 0 Å². The Morgan fingerprint density at radius 2 is 2.09 bits per heavy atom. The van der Waals surface area contributed by atoms with Gasteiger partial charge in [0.1, 0.15) is 0 Å². The van der Waals surface area contributed by atoms with E-state index in [-0.39, 0.29) is 29.8 Å². The zero-order valence-corrected chi connectivity index (χ0v) is 12.9. The van der Waals surface area contributed by atoms with Crippen molar-refractivity contribution in [3.8, 4) is 0 Å². The number of nitrogens with zero attached hydrogens (tertiary/aromatic N) is 2. The Hall–Kier alpha value is -2.31. The number of aromatic nitrogens is 1. The highest BCUT2D eigenvalue weighted by molar-refractivity contribution is 5.74. The second-order valence-electron chi connectivity index (χ2n) is 6.31. The number of rotatable bonds is 4. The Labute approximate surface area is 133 Å². The van der Waals surface area contributed by atoms with Crippen molar-refractivity contribution < 1.29 is 14.7 Å². The molecule has 0 saturated carbocycles. The number of carboxylic acid groups (broad SMARTS) is 1. The van der Waals surface area contributed by atoms with Crippen molar-refractivity contribution in [2.45, 2.75) is 31.7 Å². The van der Waals surface area contributed by atoms with Crippen molar-refractivity contribution >= 4 is 12.0 Å². The van der Waals surface area contributed by atoms with Gasteiger partial charge in [0.25, 0.3) is 5.56 Å². The van der Waals surface area contributed by atoms with Gasteiger partial charge >= 0.3 is 6.03 Å². The maximum atomic E-state index is 12.2. The quantitative estimate of drug-likeness (QED) is 0.758. The van der Waals surface area contributed by atoms with Gasteiger partial charge in [-0.15, -0.1) is 0 Å². The number of fused-ring (bicyclic) bond motifs is 4. The van der Waals surface area contributed by atoms with Crippen LogP contribution in [0.3, 0.4) is 0 Å². The summed E-state index contributed by atoms with van der Waals surface area (Å²) in [5.74, 6) is -0.630. The van der Waals surface area contributed by atoms with Crippen molar-refractivity contribution in [2.75, 3.05) is 19.6 Å². The maximum Gasteiger partial charge on any atom is 0.317 e. The summed E-state index contributed by atoms with van der Waals surface area (Å²) in [6.07, 6.45) is 1.31. The Kier molecular flexibility index (Phi) is 4.36. The zero-order valence-electron chi connectivity index (χ0n) is 12.9. The van der Waals surface area contributed by atoms with E-state index in [0.29, 0.717) is 32.6 Å². The van der Waals surface area contributed by atoms with Gasteiger partial charge in [-0.3, -0.25) is 4.79 Å². The molecule has 7 heteroatoms. The Balaban J connectivity index is 1.62. The van der Waals surface area contributed by atoms with Crippen LogP contribution in [0.4, 0.5) is 4.79 Å². The highest BCUT2D eigenvalue weighted by atomic mass is 16.4. The number of nitrogens with one attached hydrogen (secondary N) is 1. The number of carboxylic acids is 1. The Morgan fingerprint density at radius 3 is 2.87 bits per heavy atom. The molecule has 2 aliphatic heterocycles. The first-order valence-corrected chi connectivity index (χ1v) is 7.97. The third kappa shape index (κ3) is 3.38. The number of piperidine rings is 1. The topological polar surface area (TPSA) is 94.5 Å². The molecule has 0 spiro atoms. The fourth-order valence-corrected chi connectivity index (χ4v) is 3.60. The summed E-state index contributed by atoms with van der Waals surface area (Å²) in [6, 6.07) is 5.15. The molecule has 1 aromatic heterocycles. The molecule has 1 fully saturated rings. The van der Waals surface area contributed by atoms with E-state index in [1.165, 1.54) is 0 Å². The lowest BCUT2D eigenvalue weighted by Crippen LogP contribution is -2.52. The van der Waals surface area contributed by atoms with Gasteiger partial charge in [0.15, 0.2) is 0 Å². The van der Waals surface area contributed by atoms with Gasteiger partial charge in [0.2, 0.25) is 0 Å². The van der Waals surface area contributed by atoms with E-state index in [0.717, 1.165) is 12.1 Å². The number of carbonyl (C=O) groups excluding carboxylic acids is 2. The second kappa shape index (κ2) is 6.44. The molecule has 7 nitrogen and oxygen atoms in total. The van der Waals surface area contributed by atoms with Crippen LogP contribution >= 0.6 is 0 Å². The molecule has 124 valence electrons. The van der Waals surface area contributed by atoms with Crippen LogP contribution in [0.25, 0.3) is 0 Å². The molecule has 3 rings (SSSR count). The van der Waals surface area contributed by atoms with E-state index >= 15 is 0 Å². The standard InChI is InChI=1S/C16H21N3O4/c20-14-4-1-3-13-12-7-11(9-19(13)14)8-18(10-12)16(23)17-6-2-5-15(21)22/h1,3-4,11-12H,2,5-10H2,(H,17,23)(H,21,22)/p-1/t11-,12-/m1/s1. The second-order valence-corrected chi connectivity index (χ2v) is 6.31. The first kappa shape index (κ1) is 15.6. The van der Waals surface area contributed by atoms with E-state index in [1.54, 1.807) is 17.0 Å². The van der Waals surface area contributed by atoms with E-state index in [1.807, 2.05) is 10.6 Å². The fraction of sp³-hybridized carbons (Fsp3) is 0.562. The smallest absolute Gasteiger partial charge is 0.317 e. The molecule has 2 aliphatic rings. The zero-order chi connectivity index (χ0) is 16.4. The van der Waals surface area contributed by atoms with Crippen molar-refractivity contribution in [1.82, 2.24) is 14.8 Å². The SMILES string of the molecule is O=C([O-])CCCNC(=O)N1C[C@H]2C[C@H](C1)c1cccc(=O)n1C2. The van der Waals surface area contributed by atoms with Crippen molar-refractivity contribution in [3.63, 3.8) is 0 Å². The number of carbonyl (C=O) groups is 2. The molecule has 0 aromatic carbocycles. The summed E-state index contributed by atoms with van der Waals surface area (Å²) in [7, 11) is 0. The summed E-state index contributed by atoms with van der Waals surface area (Å²) in [4.78, 5) is 36.3. The van der Waals surface area contributed by atoms with E-state index in [2.05, 4.69) is 5.32 Å². The fourth-order valence-electron chi connectivity index (χ4n) is 3.60. The first-order chi connectivity index (χ1) is 11.0. The van der Waals surface area contributed by atoms with Crippen molar-refractivity contribution in [1.29, 1.82) is 0 Å². The van der Waals surface area contributed by atoms with Crippen LogP contribution < -0.4 is 16.0 Å². The number of urea groups is 1. The summed E-state index contributed by atoms with van der Waals surface area (Å²) in [6.45, 7) is 2.20. The predicted molar refractivity (Wildman–Crippen MR) is 80.8 cm³/mol. The van der Waals surface area contributed by atoms with Gasteiger partial charge < -0.3 is 24.7 Å². The minimum Gasteiger partial charge on any atom is -0.550 e. The first-order valence-electron chi connectivity index (χ1n) is 7.97. The minimum atomic E-state index is -1.10. The molecule has 2 atom stereocenters. The molecule has 1 saturated heterocycles. The number of hydrogen-bond donors (Lipinski definition) is 1. The van der Waals surface area contributed by atoms with Crippen molar-refractivity contribution in [2.24, 2.45) is 5.92 Å². The Morgan fingerprint density at radius 1 is 1.26 bits per heavy atom. The van der Waals surface area contributed by atoms with E-state index in [4.69, 9.17) is 0 Å². The molecule has 1 aromatic rings. The molecular formula is C16H20N3O4-. The van der Waals surface area contributed by atoms with Crippen LogP contribution in [-0.2, 0) is 11.3 Å². The van der Waals surface area contributed by atoms with Crippen LogP contribution in [0.2, 0.25) is 0 Å². The average molecular weight is 318 g/mol. The number of aliphatic carboxylic acids is 1. The number of hydrogen-bond acceptors (Lipinski definition) is 4. The number of pyridine rings is 1. The number of likely N-dealkylation sites (tertiary alicyclic amines) is 1. The normalized spacial score (nSPS) is 22.3. The highest BCUT2D eigenvalue weighted by Crippen LogP contribution is 2.34. The van der Waals surface area contributed by atoms with Crippen LogP contribution in [0.1, 0.15) is 30.9 Å². The van der Waals surface area contributed by atoms with E-state index < -0.39 is 5.97 Å². The average Bonchev–Trinajstić information content (AvgIpc) is 2.52. The molecule has 2 bridgehead atoms. The molecule has 23 heavy (non-hydrogen) atoms. The summed E-state index contributed by atoms with van der Waals surface area (Å²) >= 11 is 0. The van der Waals surface area contributed by atoms with Crippen LogP contribution in [0.5, 0.6) is 0 Å². The van der Waals surface area contributed by atoms with Gasteiger partial charge in [-0.05, 0) is 31.2 Å². The summed E-state index contributed by atoms with van der Waals surface area (Å²) in [5, 5.41) is 13.1. The molecule has 2 amide bonds. The van der Waals surface area contributed by atoms with Crippen LogP contribution in [0.15, 0.2) is 23.0 Å². The number of amides is 2. The molecule has 0 unspecified atom stereocenters. The third-order valence-corrected chi connectivity index (χ3v) is 4.60. The maximum absolute atomic E-state index is 12.2. The van der Waals surface area contributed by atoms with Crippen LogP contribution in [0, 0.1) is 5.92 Å². The molecule has 0 aliphatic carbocycles. The Bertz CT molecular complexity index is 670. The molecule has 0 radical (unpaired) electrons.